The molecule has 0 saturated carbocycles. The molecule has 3 aromatic carbocycles. The average molecular weight is 662 g/mol. The van der Waals surface area contributed by atoms with E-state index in [0.29, 0.717) is 39.7 Å². The molecular formula is C37H40ClNO8. The Morgan fingerprint density at radius 3 is 2.15 bits per heavy atom. The standard InChI is InChI=1S/C37H40ClNO8/c1-3-39(4-2)21-11-6-5-7-12-22-44-27-17-15-25(16-18-27)32(33(38)26-13-9-8-10-14-26)28-19-20-29-35-34(28)46-31(41)24-37(43,36(42)47-35)23-30(40)45-29/h8-10,13-20,43H,3-7,11-12,21-24H2,1-2H3/b33-32-. The maximum Gasteiger partial charge on any atom is 0.345 e. The summed E-state index contributed by atoms with van der Waals surface area (Å²) in [7, 11) is 0. The van der Waals surface area contributed by atoms with Crippen molar-refractivity contribution in [2.45, 2.75) is 64.4 Å². The van der Waals surface area contributed by atoms with Crippen LogP contribution in [0.15, 0.2) is 66.7 Å². The highest BCUT2D eigenvalue weighted by molar-refractivity contribution is 6.53. The Hall–Kier alpha value is -4.18. The summed E-state index contributed by atoms with van der Waals surface area (Å²) in [4.78, 5) is 41.0. The van der Waals surface area contributed by atoms with E-state index in [4.69, 9.17) is 30.5 Å². The number of unbranched alkanes of at least 4 members (excludes halogenated alkanes) is 4. The van der Waals surface area contributed by atoms with E-state index in [1.54, 1.807) is 6.07 Å². The van der Waals surface area contributed by atoms with Gasteiger partial charge in [0.2, 0.25) is 5.75 Å². The summed E-state index contributed by atoms with van der Waals surface area (Å²) >= 11 is 7.08. The molecule has 1 unspecified atom stereocenters. The van der Waals surface area contributed by atoms with E-state index >= 15 is 0 Å². The molecule has 0 saturated heterocycles. The van der Waals surface area contributed by atoms with Crippen LogP contribution >= 0.6 is 11.6 Å². The van der Waals surface area contributed by atoms with Crippen LogP contribution in [0.3, 0.4) is 0 Å². The summed E-state index contributed by atoms with van der Waals surface area (Å²) in [5.74, 6) is -2.82. The SMILES string of the molecule is CCN(CC)CCCCCCCOc1ccc(/C(=C(/Cl)c2ccccc2)c2ccc3c4c2OC(=O)CC(O)(CC(=O)O3)C(=O)O4)cc1. The Kier molecular flexibility index (Phi) is 11.3. The van der Waals surface area contributed by atoms with Gasteiger partial charge in [0, 0.05) is 11.1 Å². The number of benzene rings is 3. The first-order valence-corrected chi connectivity index (χ1v) is 16.5. The summed E-state index contributed by atoms with van der Waals surface area (Å²) in [5.41, 5.74) is -0.272. The van der Waals surface area contributed by atoms with Gasteiger partial charge in [0.15, 0.2) is 17.1 Å². The number of ether oxygens (including phenoxy) is 4. The molecule has 1 atom stereocenters. The molecule has 10 heteroatoms. The molecule has 0 aliphatic carbocycles. The number of nitrogens with zero attached hydrogens (tertiary/aromatic N) is 1. The summed E-state index contributed by atoms with van der Waals surface area (Å²) in [5, 5.41) is 11.1. The van der Waals surface area contributed by atoms with Crippen LogP contribution in [0.4, 0.5) is 0 Å². The third-order valence-corrected chi connectivity index (χ3v) is 8.81. The topological polar surface area (TPSA) is 112 Å². The van der Waals surface area contributed by atoms with Crippen LogP contribution in [0.1, 0.15) is 75.5 Å². The van der Waals surface area contributed by atoms with Gasteiger partial charge in [-0.05, 0) is 67.9 Å². The second-order valence-corrected chi connectivity index (χ2v) is 12.1. The van der Waals surface area contributed by atoms with Gasteiger partial charge in [-0.25, -0.2) is 4.79 Å². The third kappa shape index (κ3) is 8.22. The maximum absolute atomic E-state index is 13.0. The molecule has 2 aliphatic heterocycles. The number of halogens is 1. The van der Waals surface area contributed by atoms with Gasteiger partial charge in [-0.15, -0.1) is 0 Å². The van der Waals surface area contributed by atoms with Gasteiger partial charge >= 0.3 is 17.9 Å². The lowest BCUT2D eigenvalue weighted by atomic mass is 9.92. The van der Waals surface area contributed by atoms with Crippen LogP contribution in [0.25, 0.3) is 10.6 Å². The Labute approximate surface area is 280 Å². The minimum Gasteiger partial charge on any atom is -0.494 e. The van der Waals surface area contributed by atoms with Crippen LogP contribution in [0.5, 0.6) is 23.0 Å². The number of fused-ring (bicyclic) bond motifs is 2. The number of carbonyl (C=O) groups excluding carboxylic acids is 3. The molecule has 2 aliphatic rings. The number of hydrogen-bond acceptors (Lipinski definition) is 9. The average Bonchev–Trinajstić information content (AvgIpc) is 3.06. The summed E-state index contributed by atoms with van der Waals surface area (Å²) in [6, 6.07) is 19.7. The highest BCUT2D eigenvalue weighted by atomic mass is 35.5. The summed E-state index contributed by atoms with van der Waals surface area (Å²) < 4.78 is 22.7. The van der Waals surface area contributed by atoms with E-state index in [-0.39, 0.29) is 17.2 Å². The summed E-state index contributed by atoms with van der Waals surface area (Å²) in [6.45, 7) is 8.34. The van der Waals surface area contributed by atoms with Crippen molar-refractivity contribution in [1.29, 1.82) is 0 Å². The highest BCUT2D eigenvalue weighted by Crippen LogP contribution is 2.49. The van der Waals surface area contributed by atoms with Gasteiger partial charge in [0.1, 0.15) is 5.75 Å². The maximum atomic E-state index is 13.0. The zero-order valence-electron chi connectivity index (χ0n) is 26.8. The predicted octanol–water partition coefficient (Wildman–Crippen LogP) is 6.77. The Morgan fingerprint density at radius 1 is 0.787 bits per heavy atom. The van der Waals surface area contributed by atoms with Crippen molar-refractivity contribution in [3.8, 4) is 23.0 Å². The van der Waals surface area contributed by atoms with E-state index in [1.165, 1.54) is 25.3 Å². The van der Waals surface area contributed by atoms with Gasteiger partial charge in [-0.3, -0.25) is 9.59 Å². The quantitative estimate of drug-likeness (QED) is 0.0866. The third-order valence-electron chi connectivity index (χ3n) is 8.40. The predicted molar refractivity (Wildman–Crippen MR) is 179 cm³/mol. The van der Waals surface area contributed by atoms with Crippen LogP contribution in [0, 0.1) is 0 Å². The molecule has 2 bridgehead atoms. The molecule has 3 aromatic rings. The fraction of sp³-hybridized carbons (Fsp3) is 0.378. The van der Waals surface area contributed by atoms with Crippen LogP contribution < -0.4 is 18.9 Å². The Balaban J connectivity index is 1.40. The largest absolute Gasteiger partial charge is 0.494 e. The van der Waals surface area contributed by atoms with E-state index in [2.05, 4.69) is 18.7 Å². The minimum atomic E-state index is -2.42. The number of carbonyl (C=O) groups is 3. The number of aliphatic hydroxyl groups is 1. The zero-order chi connectivity index (χ0) is 33.4. The fourth-order valence-corrected chi connectivity index (χ4v) is 6.08. The molecule has 5 rings (SSSR count). The molecule has 1 N–H and O–H groups in total. The van der Waals surface area contributed by atoms with Crippen molar-refractivity contribution in [3.05, 3.63) is 83.4 Å². The number of hydrogen-bond donors (Lipinski definition) is 1. The fourth-order valence-electron chi connectivity index (χ4n) is 5.75. The minimum absolute atomic E-state index is 0.123. The van der Waals surface area contributed by atoms with Crippen molar-refractivity contribution in [2.75, 3.05) is 26.2 Å². The van der Waals surface area contributed by atoms with E-state index < -0.39 is 36.4 Å². The molecule has 0 amide bonds. The Bertz CT molecular complexity index is 1620. The van der Waals surface area contributed by atoms with Gasteiger partial charge in [0.25, 0.3) is 0 Å². The lowest BCUT2D eigenvalue weighted by Crippen LogP contribution is -2.48. The van der Waals surface area contributed by atoms with E-state index in [1.807, 2.05) is 54.6 Å². The molecule has 0 aromatic heterocycles. The first-order chi connectivity index (χ1) is 22.7. The molecule has 9 nitrogen and oxygen atoms in total. The molecule has 248 valence electrons. The van der Waals surface area contributed by atoms with Gasteiger partial charge in [-0.1, -0.05) is 87.2 Å². The van der Waals surface area contributed by atoms with Crippen LogP contribution in [0.2, 0.25) is 0 Å². The molecular weight excluding hydrogens is 622 g/mol. The molecule has 47 heavy (non-hydrogen) atoms. The molecule has 2 heterocycles. The first kappa shape index (κ1) is 34.2. The van der Waals surface area contributed by atoms with Crippen molar-refractivity contribution in [1.82, 2.24) is 4.90 Å². The van der Waals surface area contributed by atoms with Gasteiger partial charge in [0.05, 0.1) is 24.5 Å². The van der Waals surface area contributed by atoms with Crippen molar-refractivity contribution in [3.63, 3.8) is 0 Å². The monoisotopic (exact) mass is 661 g/mol. The first-order valence-electron chi connectivity index (χ1n) is 16.2. The van der Waals surface area contributed by atoms with Gasteiger partial charge in [-0.2, -0.15) is 0 Å². The Morgan fingerprint density at radius 2 is 1.45 bits per heavy atom. The van der Waals surface area contributed by atoms with E-state index in [0.717, 1.165) is 32.5 Å². The lowest BCUT2D eigenvalue weighted by molar-refractivity contribution is -0.170. The van der Waals surface area contributed by atoms with Crippen molar-refractivity contribution < 1.29 is 38.4 Å². The number of esters is 3. The van der Waals surface area contributed by atoms with Crippen LogP contribution in [-0.4, -0.2) is 59.8 Å². The molecule has 0 spiro atoms. The van der Waals surface area contributed by atoms with Crippen molar-refractivity contribution in [2.24, 2.45) is 0 Å². The highest BCUT2D eigenvalue weighted by Gasteiger charge is 2.48. The number of rotatable bonds is 14. The van der Waals surface area contributed by atoms with Gasteiger partial charge < -0.3 is 29.0 Å². The van der Waals surface area contributed by atoms with Crippen molar-refractivity contribution >= 4 is 40.1 Å². The second-order valence-electron chi connectivity index (χ2n) is 11.7. The van der Waals surface area contributed by atoms with E-state index in [9.17, 15) is 19.5 Å². The second kappa shape index (κ2) is 15.6. The lowest BCUT2D eigenvalue weighted by Gasteiger charge is -2.30. The summed E-state index contributed by atoms with van der Waals surface area (Å²) in [6.07, 6.45) is 4.12. The normalized spacial score (nSPS) is 17.9. The smallest absolute Gasteiger partial charge is 0.345 e. The van der Waals surface area contributed by atoms with Crippen LogP contribution in [-0.2, 0) is 14.4 Å². The zero-order valence-corrected chi connectivity index (χ0v) is 27.5. The molecule has 0 radical (unpaired) electrons. The molecule has 0 fully saturated rings.